The number of aromatic nitrogens is 3. The van der Waals surface area contributed by atoms with Crippen LogP contribution in [0.15, 0.2) is 36.9 Å². The molecule has 1 aliphatic rings. The number of nitrogens with zero attached hydrogens (tertiary/aromatic N) is 3. The SMILES string of the molecule is CC(C)C(N)(C(=O)NCC(F)(F)F)c1cncc(-c2c[nH]c3ncc(OC4CCN(C)CC4)cc23)c1. The highest BCUT2D eigenvalue weighted by molar-refractivity contribution is 5.95. The van der Waals surface area contributed by atoms with E-state index in [-0.39, 0.29) is 6.10 Å². The van der Waals surface area contributed by atoms with Gasteiger partial charge in [-0.3, -0.25) is 9.78 Å². The van der Waals surface area contributed by atoms with Crippen molar-refractivity contribution in [2.45, 2.75) is 44.5 Å². The highest BCUT2D eigenvalue weighted by atomic mass is 19.4. The predicted molar refractivity (Wildman–Crippen MR) is 130 cm³/mol. The molecule has 4 N–H and O–H groups in total. The summed E-state index contributed by atoms with van der Waals surface area (Å²) in [7, 11) is 2.09. The van der Waals surface area contributed by atoms with E-state index in [4.69, 9.17) is 10.5 Å². The largest absolute Gasteiger partial charge is 0.489 e. The van der Waals surface area contributed by atoms with Gasteiger partial charge in [-0.2, -0.15) is 13.2 Å². The molecule has 3 aromatic rings. The second-order valence-corrected chi connectivity index (χ2v) is 9.67. The first kappa shape index (κ1) is 25.9. The first-order valence-electron chi connectivity index (χ1n) is 11.9. The number of nitrogens with one attached hydrogen (secondary N) is 2. The maximum atomic E-state index is 12.8. The summed E-state index contributed by atoms with van der Waals surface area (Å²) < 4.78 is 44.3. The summed E-state index contributed by atoms with van der Waals surface area (Å²) in [6.45, 7) is 3.85. The molecular formula is C25H31F3N6O2. The van der Waals surface area contributed by atoms with Gasteiger partial charge in [0.15, 0.2) is 0 Å². The summed E-state index contributed by atoms with van der Waals surface area (Å²) in [4.78, 5) is 26.9. The molecule has 1 saturated heterocycles. The summed E-state index contributed by atoms with van der Waals surface area (Å²) in [5, 5.41) is 2.72. The fourth-order valence-electron chi connectivity index (χ4n) is 4.45. The average Bonchev–Trinajstić information content (AvgIpc) is 3.26. The van der Waals surface area contributed by atoms with Crippen LogP contribution in [0.3, 0.4) is 0 Å². The van der Waals surface area contributed by atoms with Gasteiger partial charge in [-0.25, -0.2) is 4.98 Å². The van der Waals surface area contributed by atoms with Crippen molar-refractivity contribution in [2.75, 3.05) is 26.7 Å². The van der Waals surface area contributed by atoms with Gasteiger partial charge in [-0.15, -0.1) is 0 Å². The van der Waals surface area contributed by atoms with Crippen molar-refractivity contribution in [1.82, 2.24) is 25.2 Å². The van der Waals surface area contributed by atoms with Crippen molar-refractivity contribution in [3.05, 3.63) is 42.5 Å². The number of alkyl halides is 3. The lowest BCUT2D eigenvalue weighted by atomic mass is 9.80. The van der Waals surface area contributed by atoms with Crippen LogP contribution in [0.1, 0.15) is 32.3 Å². The van der Waals surface area contributed by atoms with Crippen molar-refractivity contribution >= 4 is 16.9 Å². The lowest BCUT2D eigenvalue weighted by Gasteiger charge is -2.32. The Hall–Kier alpha value is -3.18. The first-order valence-corrected chi connectivity index (χ1v) is 11.9. The monoisotopic (exact) mass is 504 g/mol. The number of H-pyrrole nitrogens is 1. The molecule has 1 fully saturated rings. The number of pyridine rings is 2. The molecule has 0 aliphatic carbocycles. The lowest BCUT2D eigenvalue weighted by molar-refractivity contribution is -0.143. The molecule has 3 aromatic heterocycles. The van der Waals surface area contributed by atoms with E-state index >= 15 is 0 Å². The highest BCUT2D eigenvalue weighted by Crippen LogP contribution is 2.34. The Bertz CT molecular complexity index is 1220. The second kappa shape index (κ2) is 10.1. The zero-order chi connectivity index (χ0) is 26.1. The van der Waals surface area contributed by atoms with Gasteiger partial charge in [-0.1, -0.05) is 13.8 Å². The normalized spacial score (nSPS) is 17.3. The molecule has 0 radical (unpaired) electrons. The van der Waals surface area contributed by atoms with Crippen molar-refractivity contribution in [3.63, 3.8) is 0 Å². The van der Waals surface area contributed by atoms with Gasteiger partial charge < -0.3 is 25.7 Å². The summed E-state index contributed by atoms with van der Waals surface area (Å²) >= 11 is 0. The Morgan fingerprint density at radius 1 is 1.25 bits per heavy atom. The molecule has 194 valence electrons. The topological polar surface area (TPSA) is 109 Å². The number of piperidine rings is 1. The highest BCUT2D eigenvalue weighted by Gasteiger charge is 2.41. The van der Waals surface area contributed by atoms with E-state index in [0.717, 1.165) is 36.9 Å². The Morgan fingerprint density at radius 2 is 1.97 bits per heavy atom. The van der Waals surface area contributed by atoms with E-state index in [9.17, 15) is 18.0 Å². The van der Waals surface area contributed by atoms with Gasteiger partial charge >= 0.3 is 6.18 Å². The number of rotatable bonds is 7. The fraction of sp³-hybridized carbons (Fsp3) is 0.480. The molecule has 0 saturated carbocycles. The number of carbonyl (C=O) groups excluding carboxylic acids is 1. The van der Waals surface area contributed by atoms with Crippen molar-refractivity contribution in [2.24, 2.45) is 11.7 Å². The average molecular weight is 505 g/mol. The van der Waals surface area contributed by atoms with Crippen molar-refractivity contribution < 1.29 is 22.7 Å². The van der Waals surface area contributed by atoms with Crippen molar-refractivity contribution in [3.8, 4) is 16.9 Å². The maximum absolute atomic E-state index is 12.8. The van der Waals surface area contributed by atoms with Gasteiger partial charge in [0.25, 0.3) is 0 Å². The zero-order valence-corrected chi connectivity index (χ0v) is 20.5. The van der Waals surface area contributed by atoms with Gasteiger partial charge in [0.2, 0.25) is 5.91 Å². The first-order chi connectivity index (χ1) is 17.0. The van der Waals surface area contributed by atoms with Gasteiger partial charge in [0.1, 0.15) is 29.6 Å². The summed E-state index contributed by atoms with van der Waals surface area (Å²) in [5.74, 6) is -0.756. The molecule has 1 aliphatic heterocycles. The van der Waals surface area contributed by atoms with E-state index in [1.807, 2.05) is 11.4 Å². The molecule has 1 unspecified atom stereocenters. The number of halogens is 3. The smallest absolute Gasteiger partial charge is 0.405 e. The molecule has 8 nitrogen and oxygen atoms in total. The zero-order valence-electron chi connectivity index (χ0n) is 20.5. The lowest BCUT2D eigenvalue weighted by Crippen LogP contribution is -2.56. The van der Waals surface area contributed by atoms with Crippen molar-refractivity contribution in [1.29, 1.82) is 0 Å². The molecule has 1 amide bonds. The number of amides is 1. The van der Waals surface area contributed by atoms with Crippen LogP contribution in [0.5, 0.6) is 5.75 Å². The number of nitrogens with two attached hydrogens (primary N) is 1. The van der Waals surface area contributed by atoms with E-state index in [2.05, 4.69) is 26.9 Å². The van der Waals surface area contributed by atoms with Crippen LogP contribution >= 0.6 is 0 Å². The van der Waals surface area contributed by atoms with E-state index < -0.39 is 30.1 Å². The minimum Gasteiger partial charge on any atom is -0.489 e. The van der Waals surface area contributed by atoms with Crippen LogP contribution in [-0.4, -0.2) is 64.7 Å². The standard InChI is InChI=1S/C25H31F3N6O2/c1-15(2)25(29,23(35)33-14-24(26,27)28)17-8-16(10-30-11-17)21-13-32-22-20(21)9-19(12-31-22)36-18-4-6-34(3)7-5-18/h8-13,15,18H,4-7,14,29H2,1-3H3,(H,31,32)(H,33,35). The number of hydrogen-bond acceptors (Lipinski definition) is 6. The predicted octanol–water partition coefficient (Wildman–Crippen LogP) is 3.59. The van der Waals surface area contributed by atoms with E-state index in [1.54, 1.807) is 38.5 Å². The van der Waals surface area contributed by atoms with Gasteiger partial charge in [0.05, 0.1) is 6.20 Å². The van der Waals surface area contributed by atoms with Crippen LogP contribution < -0.4 is 15.8 Å². The molecule has 11 heteroatoms. The molecule has 4 rings (SSSR count). The summed E-state index contributed by atoms with van der Waals surface area (Å²) in [6.07, 6.45) is 3.93. The van der Waals surface area contributed by atoms with E-state index in [1.165, 1.54) is 6.20 Å². The van der Waals surface area contributed by atoms with Crippen LogP contribution in [0, 0.1) is 5.92 Å². The van der Waals surface area contributed by atoms with Crippen LogP contribution in [0.2, 0.25) is 0 Å². The minimum atomic E-state index is -4.54. The van der Waals surface area contributed by atoms with Crippen LogP contribution in [0.25, 0.3) is 22.2 Å². The van der Waals surface area contributed by atoms with E-state index in [0.29, 0.717) is 22.5 Å². The maximum Gasteiger partial charge on any atom is 0.405 e. The third-order valence-corrected chi connectivity index (χ3v) is 6.74. The quantitative estimate of drug-likeness (QED) is 0.454. The molecule has 0 spiro atoms. The van der Waals surface area contributed by atoms with Crippen LogP contribution in [-0.2, 0) is 10.3 Å². The Balaban J connectivity index is 1.64. The van der Waals surface area contributed by atoms with Gasteiger partial charge in [0, 0.05) is 53.8 Å². The second-order valence-electron chi connectivity index (χ2n) is 9.67. The Kier molecular flexibility index (Phi) is 7.24. The minimum absolute atomic E-state index is 0.118. The summed E-state index contributed by atoms with van der Waals surface area (Å²) in [5.41, 5.74) is 7.12. The number of carbonyl (C=O) groups is 1. The molecule has 1 atom stereocenters. The number of ether oxygens (including phenoxy) is 1. The number of fused-ring (bicyclic) bond motifs is 1. The third-order valence-electron chi connectivity index (χ3n) is 6.74. The molecule has 0 aromatic carbocycles. The molecule has 0 bridgehead atoms. The molecule has 4 heterocycles. The fourth-order valence-corrected chi connectivity index (χ4v) is 4.45. The molecular weight excluding hydrogens is 473 g/mol. The number of hydrogen-bond donors (Lipinski definition) is 3. The molecule has 36 heavy (non-hydrogen) atoms. The third kappa shape index (κ3) is 5.46. The number of likely N-dealkylation sites (tertiary alicyclic amines) is 1. The van der Waals surface area contributed by atoms with Crippen LogP contribution in [0.4, 0.5) is 13.2 Å². The number of aromatic amines is 1. The summed E-state index contributed by atoms with van der Waals surface area (Å²) in [6, 6.07) is 3.60. The Labute approximate surface area is 207 Å². The van der Waals surface area contributed by atoms with Gasteiger partial charge in [-0.05, 0) is 37.9 Å². The Morgan fingerprint density at radius 3 is 2.64 bits per heavy atom.